The summed E-state index contributed by atoms with van der Waals surface area (Å²) in [4.78, 5) is 1.43. The highest BCUT2D eigenvalue weighted by Crippen LogP contribution is 2.07. The molecule has 0 aliphatic carbocycles. The molecule has 112 valence electrons. The van der Waals surface area contributed by atoms with Gasteiger partial charge in [-0.1, -0.05) is 24.3 Å². The van der Waals surface area contributed by atoms with Crippen molar-refractivity contribution in [2.24, 2.45) is 0 Å². The Morgan fingerprint density at radius 3 is 2.55 bits per heavy atom. The summed E-state index contributed by atoms with van der Waals surface area (Å²) < 4.78 is 0. The molecule has 0 amide bonds. The summed E-state index contributed by atoms with van der Waals surface area (Å²) in [7, 11) is 4.34. The molecule has 0 unspecified atom stereocenters. The van der Waals surface area contributed by atoms with Crippen LogP contribution in [0.2, 0.25) is 0 Å². The van der Waals surface area contributed by atoms with Crippen LogP contribution in [0.1, 0.15) is 17.5 Å². The molecule has 0 saturated carbocycles. The molecular weight excluding hydrogens is 286 g/mol. The van der Waals surface area contributed by atoms with Crippen molar-refractivity contribution in [3.63, 3.8) is 0 Å². The number of hydrogen-bond donors (Lipinski definition) is 3. The minimum Gasteiger partial charge on any atom is -0.363 e. The average Bonchev–Trinajstić information content (AvgIpc) is 2.42. The average molecular weight is 313 g/mol. The Bertz CT molecular complexity index is 408. The summed E-state index contributed by atoms with van der Waals surface area (Å²) in [5, 5.41) is 7.29. The molecule has 3 nitrogen and oxygen atoms in total. The van der Waals surface area contributed by atoms with Gasteiger partial charge in [0.2, 0.25) is 0 Å². The number of quaternary nitrogens is 1. The third-order valence-electron chi connectivity index (χ3n) is 2.91. The molecule has 1 rings (SSSR count). The molecule has 20 heavy (non-hydrogen) atoms. The summed E-state index contributed by atoms with van der Waals surface area (Å²) in [6.07, 6.45) is 3.27. The first-order valence-electron chi connectivity index (χ1n) is 7.00. The van der Waals surface area contributed by atoms with Crippen LogP contribution in [-0.2, 0) is 13.1 Å². The smallest absolute Gasteiger partial charge is 0.166 e. The molecule has 0 aliphatic heterocycles. The second-order valence-corrected chi connectivity index (χ2v) is 6.50. The SMILES string of the molecule is CSCCCNC(=S)NCc1ccccc1C[NH+](C)C. The van der Waals surface area contributed by atoms with Crippen molar-refractivity contribution >= 4 is 29.1 Å². The first-order valence-corrected chi connectivity index (χ1v) is 8.80. The number of nitrogens with one attached hydrogen (secondary N) is 3. The predicted octanol–water partition coefficient (Wildman–Crippen LogP) is 1.05. The molecule has 0 atom stereocenters. The van der Waals surface area contributed by atoms with Crippen molar-refractivity contribution in [2.75, 3.05) is 32.6 Å². The number of benzene rings is 1. The topological polar surface area (TPSA) is 28.5 Å². The normalized spacial score (nSPS) is 10.6. The van der Waals surface area contributed by atoms with Crippen molar-refractivity contribution in [3.8, 4) is 0 Å². The van der Waals surface area contributed by atoms with Crippen LogP contribution < -0.4 is 15.5 Å². The largest absolute Gasteiger partial charge is 0.363 e. The zero-order valence-electron chi connectivity index (χ0n) is 12.7. The molecule has 0 bridgehead atoms. The van der Waals surface area contributed by atoms with Crippen molar-refractivity contribution < 1.29 is 4.90 Å². The van der Waals surface area contributed by atoms with E-state index < -0.39 is 0 Å². The highest BCUT2D eigenvalue weighted by Gasteiger charge is 2.05. The number of hydrogen-bond acceptors (Lipinski definition) is 2. The van der Waals surface area contributed by atoms with Gasteiger partial charge in [0, 0.05) is 18.7 Å². The highest BCUT2D eigenvalue weighted by molar-refractivity contribution is 7.98. The van der Waals surface area contributed by atoms with Crippen LogP contribution in [0.3, 0.4) is 0 Å². The van der Waals surface area contributed by atoms with Gasteiger partial charge in [-0.3, -0.25) is 0 Å². The van der Waals surface area contributed by atoms with Gasteiger partial charge in [0.1, 0.15) is 6.54 Å². The second-order valence-electron chi connectivity index (χ2n) is 5.11. The van der Waals surface area contributed by atoms with E-state index in [-0.39, 0.29) is 0 Å². The molecule has 3 N–H and O–H groups in total. The van der Waals surface area contributed by atoms with E-state index >= 15 is 0 Å². The number of thiocarbonyl (C=S) groups is 1. The van der Waals surface area contributed by atoms with Crippen LogP contribution >= 0.6 is 24.0 Å². The third kappa shape index (κ3) is 7.12. The Morgan fingerprint density at radius 1 is 1.20 bits per heavy atom. The van der Waals surface area contributed by atoms with Gasteiger partial charge in [-0.2, -0.15) is 11.8 Å². The van der Waals surface area contributed by atoms with E-state index in [0.717, 1.165) is 31.2 Å². The molecule has 0 fully saturated rings. The quantitative estimate of drug-likeness (QED) is 0.494. The highest BCUT2D eigenvalue weighted by atomic mass is 32.2. The molecule has 0 heterocycles. The molecule has 1 aromatic rings. The second kappa shape index (κ2) is 10.0. The summed E-state index contributed by atoms with van der Waals surface area (Å²) in [6.45, 7) is 2.76. The van der Waals surface area contributed by atoms with Gasteiger partial charge < -0.3 is 15.5 Å². The lowest BCUT2D eigenvalue weighted by Gasteiger charge is -2.14. The minimum atomic E-state index is 0.748. The summed E-state index contributed by atoms with van der Waals surface area (Å²) >= 11 is 7.16. The molecule has 1 aromatic carbocycles. The first kappa shape index (κ1) is 17.3. The molecule has 0 spiro atoms. The van der Waals surface area contributed by atoms with Crippen LogP contribution in [0.5, 0.6) is 0 Å². The fourth-order valence-corrected chi connectivity index (χ4v) is 2.55. The first-order chi connectivity index (χ1) is 9.63. The number of thioether (sulfide) groups is 1. The van der Waals surface area contributed by atoms with Gasteiger partial charge in [0.05, 0.1) is 14.1 Å². The fourth-order valence-electron chi connectivity index (χ4n) is 1.94. The van der Waals surface area contributed by atoms with Crippen LogP contribution in [0, 0.1) is 0 Å². The summed E-state index contributed by atoms with van der Waals surface area (Å²) in [5.41, 5.74) is 2.70. The van der Waals surface area contributed by atoms with Crippen LogP contribution in [0.25, 0.3) is 0 Å². The van der Waals surface area contributed by atoms with E-state index in [4.69, 9.17) is 12.2 Å². The zero-order valence-corrected chi connectivity index (χ0v) is 14.3. The van der Waals surface area contributed by atoms with Crippen LogP contribution in [0.15, 0.2) is 24.3 Å². The molecule has 0 radical (unpaired) electrons. The Hall–Kier alpha value is -0.780. The maximum absolute atomic E-state index is 5.30. The maximum Gasteiger partial charge on any atom is 0.166 e. The fraction of sp³-hybridized carbons (Fsp3) is 0.533. The minimum absolute atomic E-state index is 0.748. The maximum atomic E-state index is 5.30. The van der Waals surface area contributed by atoms with E-state index in [1.807, 2.05) is 11.8 Å². The van der Waals surface area contributed by atoms with Crippen molar-refractivity contribution in [1.82, 2.24) is 10.6 Å². The van der Waals surface area contributed by atoms with Gasteiger partial charge in [-0.15, -0.1) is 0 Å². The van der Waals surface area contributed by atoms with Crippen LogP contribution in [0.4, 0.5) is 0 Å². The van der Waals surface area contributed by atoms with Gasteiger partial charge in [-0.05, 0) is 36.2 Å². The molecule has 0 saturated heterocycles. The van der Waals surface area contributed by atoms with Gasteiger partial charge in [0.15, 0.2) is 5.11 Å². The lowest BCUT2D eigenvalue weighted by Crippen LogP contribution is -3.04. The Kier molecular flexibility index (Phi) is 8.65. The van der Waals surface area contributed by atoms with Crippen molar-refractivity contribution in [3.05, 3.63) is 35.4 Å². The van der Waals surface area contributed by atoms with E-state index in [1.165, 1.54) is 21.8 Å². The van der Waals surface area contributed by atoms with Gasteiger partial charge >= 0.3 is 0 Å². The van der Waals surface area contributed by atoms with E-state index in [1.54, 1.807) is 0 Å². The molecule has 0 aromatic heterocycles. The van der Waals surface area contributed by atoms with Crippen molar-refractivity contribution in [2.45, 2.75) is 19.5 Å². The summed E-state index contributed by atoms with van der Waals surface area (Å²) in [5.74, 6) is 1.17. The van der Waals surface area contributed by atoms with E-state index in [2.05, 4.69) is 55.3 Å². The Labute approximate surface area is 132 Å². The monoisotopic (exact) mass is 312 g/mol. The van der Waals surface area contributed by atoms with Crippen molar-refractivity contribution in [1.29, 1.82) is 0 Å². The van der Waals surface area contributed by atoms with E-state index in [9.17, 15) is 0 Å². The number of rotatable bonds is 8. The summed E-state index contributed by atoms with van der Waals surface area (Å²) in [6, 6.07) is 8.54. The zero-order chi connectivity index (χ0) is 14.8. The Morgan fingerprint density at radius 2 is 1.90 bits per heavy atom. The van der Waals surface area contributed by atoms with Gasteiger partial charge in [-0.25, -0.2) is 0 Å². The standard InChI is InChI=1S/C15H25N3S2/c1-18(2)12-14-8-5-4-7-13(14)11-17-15(19)16-9-6-10-20-3/h4-5,7-8H,6,9-12H2,1-3H3,(H2,16,17,19)/p+1. The lowest BCUT2D eigenvalue weighted by molar-refractivity contribution is -0.872. The van der Waals surface area contributed by atoms with Crippen LogP contribution in [-0.4, -0.2) is 37.8 Å². The predicted molar refractivity (Wildman–Crippen MR) is 93.4 cm³/mol. The molecule has 0 aliphatic rings. The van der Waals surface area contributed by atoms with E-state index in [0.29, 0.717) is 0 Å². The molecular formula is C15H26N3S2+. The van der Waals surface area contributed by atoms with Gasteiger partial charge in [0.25, 0.3) is 0 Å². The Balaban J connectivity index is 2.39. The molecule has 5 heteroatoms. The third-order valence-corrected chi connectivity index (χ3v) is 3.90. The lowest BCUT2D eigenvalue weighted by atomic mass is 10.1.